The van der Waals surface area contributed by atoms with E-state index in [9.17, 15) is 18.4 Å². The molecule has 4 nitrogen and oxygen atoms in total. The lowest BCUT2D eigenvalue weighted by Crippen LogP contribution is -2.38. The number of hydrogen-bond acceptors (Lipinski definition) is 3. The highest BCUT2D eigenvalue weighted by Crippen LogP contribution is 2.26. The predicted molar refractivity (Wildman–Crippen MR) is 98.3 cm³/mol. The second-order valence-corrected chi connectivity index (χ2v) is 6.99. The largest absolute Gasteiger partial charge is 0.357 e. The van der Waals surface area contributed by atoms with Gasteiger partial charge in [-0.25, -0.2) is 8.78 Å². The summed E-state index contributed by atoms with van der Waals surface area (Å²) in [5.41, 5.74) is 1.30. The Balaban J connectivity index is 2.29. The molecular weight excluding hydrogens is 358 g/mol. The third-order valence-electron chi connectivity index (χ3n) is 4.04. The Morgan fingerprint density at radius 2 is 1.88 bits per heavy atom. The standard InChI is InChI=1S/C19H22F2N2O2S/c1-4-6-15-11(5-2)10-16(26-15)18(24)23-17(19(25)22-3)12-7-8-13(20)14(21)9-12/h7-10,17H,4-6H2,1-3H3,(H,22,25)(H,23,24). The molecule has 1 heterocycles. The highest BCUT2D eigenvalue weighted by atomic mass is 32.1. The third-order valence-corrected chi connectivity index (χ3v) is 5.28. The van der Waals surface area contributed by atoms with Gasteiger partial charge in [0.25, 0.3) is 5.91 Å². The fourth-order valence-electron chi connectivity index (χ4n) is 2.66. The minimum Gasteiger partial charge on any atom is -0.357 e. The van der Waals surface area contributed by atoms with Crippen LogP contribution in [0.5, 0.6) is 0 Å². The SMILES string of the molecule is CCCc1sc(C(=O)NC(C(=O)NC)c2ccc(F)c(F)c2)cc1CC. The summed E-state index contributed by atoms with van der Waals surface area (Å²) < 4.78 is 26.7. The molecule has 0 spiro atoms. The fourth-order valence-corrected chi connectivity index (χ4v) is 3.91. The molecule has 2 rings (SSSR count). The van der Waals surface area contributed by atoms with Gasteiger partial charge in [0.1, 0.15) is 6.04 Å². The minimum atomic E-state index is -1.11. The predicted octanol–water partition coefficient (Wildman–Crippen LogP) is 3.76. The van der Waals surface area contributed by atoms with E-state index >= 15 is 0 Å². The van der Waals surface area contributed by atoms with Gasteiger partial charge in [0.15, 0.2) is 11.6 Å². The number of amides is 2. The Hall–Kier alpha value is -2.28. The molecule has 1 aromatic carbocycles. The first-order valence-electron chi connectivity index (χ1n) is 8.50. The van der Waals surface area contributed by atoms with Crippen molar-refractivity contribution < 1.29 is 18.4 Å². The van der Waals surface area contributed by atoms with Crippen LogP contribution in [0.1, 0.15) is 52.0 Å². The number of halogens is 2. The summed E-state index contributed by atoms with van der Waals surface area (Å²) in [5.74, 6) is -3.00. The molecule has 2 N–H and O–H groups in total. The van der Waals surface area contributed by atoms with Gasteiger partial charge in [-0.3, -0.25) is 9.59 Å². The lowest BCUT2D eigenvalue weighted by atomic mass is 10.1. The third kappa shape index (κ3) is 4.46. The van der Waals surface area contributed by atoms with E-state index in [1.807, 2.05) is 13.0 Å². The van der Waals surface area contributed by atoms with Crippen molar-refractivity contribution in [2.24, 2.45) is 0 Å². The average molecular weight is 380 g/mol. The summed E-state index contributed by atoms with van der Waals surface area (Å²) in [5, 5.41) is 5.06. The van der Waals surface area contributed by atoms with E-state index in [2.05, 4.69) is 17.6 Å². The van der Waals surface area contributed by atoms with E-state index in [4.69, 9.17) is 0 Å². The van der Waals surface area contributed by atoms with Crippen LogP contribution in [0, 0.1) is 11.6 Å². The molecule has 0 aliphatic carbocycles. The van der Waals surface area contributed by atoms with Gasteiger partial charge in [-0.2, -0.15) is 0 Å². The van der Waals surface area contributed by atoms with E-state index in [-0.39, 0.29) is 5.56 Å². The number of rotatable bonds is 7. The molecule has 1 aromatic heterocycles. The van der Waals surface area contributed by atoms with E-state index in [0.717, 1.165) is 41.8 Å². The number of carbonyl (C=O) groups excluding carboxylic acids is 2. The Morgan fingerprint density at radius 1 is 1.15 bits per heavy atom. The Labute approximate surface area is 155 Å². The summed E-state index contributed by atoms with van der Waals surface area (Å²) in [4.78, 5) is 26.5. The lowest BCUT2D eigenvalue weighted by molar-refractivity contribution is -0.122. The van der Waals surface area contributed by atoms with Gasteiger partial charge in [-0.15, -0.1) is 11.3 Å². The molecular formula is C19H22F2N2O2S. The van der Waals surface area contributed by atoms with Crippen molar-refractivity contribution in [3.8, 4) is 0 Å². The van der Waals surface area contributed by atoms with Gasteiger partial charge >= 0.3 is 0 Å². The molecule has 0 radical (unpaired) electrons. The van der Waals surface area contributed by atoms with E-state index in [1.54, 1.807) is 0 Å². The molecule has 0 aliphatic heterocycles. The molecule has 0 aliphatic rings. The number of likely N-dealkylation sites (N-methyl/N-ethyl adjacent to an activating group) is 1. The van der Waals surface area contributed by atoms with Crippen LogP contribution in [0.4, 0.5) is 8.78 Å². The highest BCUT2D eigenvalue weighted by Gasteiger charge is 2.24. The topological polar surface area (TPSA) is 58.2 Å². The van der Waals surface area contributed by atoms with Crippen LogP contribution in [0.2, 0.25) is 0 Å². The maximum atomic E-state index is 13.5. The van der Waals surface area contributed by atoms with E-state index < -0.39 is 29.5 Å². The molecule has 0 fully saturated rings. The second kappa shape index (κ2) is 8.89. The number of aryl methyl sites for hydroxylation is 2. The first-order chi connectivity index (χ1) is 12.4. The zero-order chi connectivity index (χ0) is 19.3. The molecule has 2 amide bonds. The molecule has 1 unspecified atom stereocenters. The quantitative estimate of drug-likeness (QED) is 0.768. The normalized spacial score (nSPS) is 11.9. The summed E-state index contributed by atoms with van der Waals surface area (Å²) in [6.07, 6.45) is 2.69. The van der Waals surface area contributed by atoms with Crippen LogP contribution >= 0.6 is 11.3 Å². The molecule has 2 aromatic rings. The first-order valence-corrected chi connectivity index (χ1v) is 9.31. The maximum Gasteiger partial charge on any atom is 0.262 e. The molecule has 0 saturated heterocycles. The van der Waals surface area contributed by atoms with Crippen LogP contribution < -0.4 is 10.6 Å². The van der Waals surface area contributed by atoms with Gasteiger partial charge in [0.2, 0.25) is 5.91 Å². The summed E-state index contributed by atoms with van der Waals surface area (Å²) in [6.45, 7) is 4.10. The van der Waals surface area contributed by atoms with Crippen LogP contribution in [0.15, 0.2) is 24.3 Å². The van der Waals surface area contributed by atoms with Crippen molar-refractivity contribution in [2.45, 2.75) is 39.2 Å². The number of nitrogens with one attached hydrogen (secondary N) is 2. The van der Waals surface area contributed by atoms with Crippen LogP contribution in [-0.4, -0.2) is 18.9 Å². The molecule has 1 atom stereocenters. The van der Waals surface area contributed by atoms with Crippen molar-refractivity contribution in [2.75, 3.05) is 7.05 Å². The number of thiophene rings is 1. The molecule has 140 valence electrons. The summed E-state index contributed by atoms with van der Waals surface area (Å²) >= 11 is 1.40. The highest BCUT2D eigenvalue weighted by molar-refractivity contribution is 7.14. The Kier molecular flexibility index (Phi) is 6.85. The van der Waals surface area contributed by atoms with Crippen molar-refractivity contribution in [3.63, 3.8) is 0 Å². The smallest absolute Gasteiger partial charge is 0.262 e. The van der Waals surface area contributed by atoms with Gasteiger partial charge in [0.05, 0.1) is 4.88 Å². The Bertz CT molecular complexity index is 805. The van der Waals surface area contributed by atoms with Crippen LogP contribution in [-0.2, 0) is 17.6 Å². The average Bonchev–Trinajstić information content (AvgIpc) is 3.04. The van der Waals surface area contributed by atoms with Crippen LogP contribution in [0.25, 0.3) is 0 Å². The van der Waals surface area contributed by atoms with Crippen molar-refractivity contribution in [1.29, 1.82) is 0 Å². The molecule has 26 heavy (non-hydrogen) atoms. The van der Waals surface area contributed by atoms with Gasteiger partial charge in [-0.1, -0.05) is 26.3 Å². The Morgan fingerprint density at radius 3 is 2.46 bits per heavy atom. The van der Waals surface area contributed by atoms with Gasteiger partial charge in [-0.05, 0) is 42.2 Å². The van der Waals surface area contributed by atoms with Crippen molar-refractivity contribution >= 4 is 23.2 Å². The van der Waals surface area contributed by atoms with Gasteiger partial charge < -0.3 is 10.6 Å². The first kappa shape index (κ1) is 20.0. The molecule has 0 bridgehead atoms. The monoisotopic (exact) mass is 380 g/mol. The van der Waals surface area contributed by atoms with E-state index in [0.29, 0.717) is 4.88 Å². The number of hydrogen-bond donors (Lipinski definition) is 2. The maximum absolute atomic E-state index is 13.5. The summed E-state index contributed by atoms with van der Waals surface area (Å²) in [6, 6.07) is 3.87. The molecule has 7 heteroatoms. The molecule has 0 saturated carbocycles. The zero-order valence-electron chi connectivity index (χ0n) is 15.0. The second-order valence-electron chi connectivity index (χ2n) is 5.86. The fraction of sp³-hybridized carbons (Fsp3) is 0.368. The zero-order valence-corrected chi connectivity index (χ0v) is 15.8. The lowest BCUT2D eigenvalue weighted by Gasteiger charge is -2.17. The van der Waals surface area contributed by atoms with E-state index in [1.165, 1.54) is 24.5 Å². The van der Waals surface area contributed by atoms with Crippen molar-refractivity contribution in [1.82, 2.24) is 10.6 Å². The number of benzene rings is 1. The minimum absolute atomic E-state index is 0.178. The summed E-state index contributed by atoms with van der Waals surface area (Å²) in [7, 11) is 1.42. The number of carbonyl (C=O) groups is 2. The van der Waals surface area contributed by atoms with Gasteiger partial charge in [0, 0.05) is 11.9 Å². The van der Waals surface area contributed by atoms with Crippen LogP contribution in [0.3, 0.4) is 0 Å². The van der Waals surface area contributed by atoms with Crippen molar-refractivity contribution in [3.05, 3.63) is 56.8 Å².